The van der Waals surface area contributed by atoms with Crippen molar-refractivity contribution in [3.63, 3.8) is 0 Å². The first-order chi connectivity index (χ1) is 13.1. The van der Waals surface area contributed by atoms with Crippen molar-refractivity contribution in [1.82, 2.24) is 0 Å². The summed E-state index contributed by atoms with van der Waals surface area (Å²) >= 11 is 1.30. The van der Waals surface area contributed by atoms with Crippen LogP contribution in [0.3, 0.4) is 0 Å². The quantitative estimate of drug-likeness (QED) is 0.390. The van der Waals surface area contributed by atoms with Crippen LogP contribution in [0.4, 0.5) is 11.4 Å². The van der Waals surface area contributed by atoms with Crippen LogP contribution in [-0.4, -0.2) is 17.9 Å². The zero-order valence-corrected chi connectivity index (χ0v) is 15.1. The highest BCUT2D eigenvalue weighted by Gasteiger charge is 2.15. The summed E-state index contributed by atoms with van der Waals surface area (Å²) in [5.41, 5.74) is 0.688. The third kappa shape index (κ3) is 3.09. The van der Waals surface area contributed by atoms with Crippen LogP contribution in [0, 0.1) is 10.1 Å². The van der Waals surface area contributed by atoms with Gasteiger partial charge < -0.3 is 10.1 Å². The van der Waals surface area contributed by atoms with Crippen molar-refractivity contribution in [3.05, 3.63) is 75.7 Å². The Hall–Kier alpha value is -3.45. The largest absolute Gasteiger partial charge is 0.496 e. The molecule has 0 fully saturated rings. The van der Waals surface area contributed by atoms with Crippen LogP contribution in [0.2, 0.25) is 0 Å². The van der Waals surface area contributed by atoms with E-state index in [1.165, 1.54) is 23.5 Å². The maximum atomic E-state index is 12.7. The van der Waals surface area contributed by atoms with Crippen molar-refractivity contribution in [2.75, 3.05) is 12.4 Å². The molecule has 0 radical (unpaired) electrons. The normalized spacial score (nSPS) is 10.9. The van der Waals surface area contributed by atoms with E-state index in [0.29, 0.717) is 16.0 Å². The van der Waals surface area contributed by atoms with Gasteiger partial charge in [-0.1, -0.05) is 24.3 Å². The Balaban J connectivity index is 1.69. The topological polar surface area (TPSA) is 81.5 Å². The molecule has 0 spiro atoms. The number of hydrogen-bond acceptors (Lipinski definition) is 5. The summed E-state index contributed by atoms with van der Waals surface area (Å²) in [5.74, 6) is 0.479. The van der Waals surface area contributed by atoms with E-state index in [-0.39, 0.29) is 11.6 Å². The molecule has 0 aliphatic rings. The first-order valence-electron chi connectivity index (χ1n) is 8.12. The van der Waals surface area contributed by atoms with E-state index < -0.39 is 4.92 Å². The van der Waals surface area contributed by atoms with E-state index in [1.54, 1.807) is 25.3 Å². The second-order valence-electron chi connectivity index (χ2n) is 5.90. The van der Waals surface area contributed by atoms with Gasteiger partial charge in [0.25, 0.3) is 11.6 Å². The van der Waals surface area contributed by atoms with Crippen molar-refractivity contribution in [2.24, 2.45) is 0 Å². The van der Waals surface area contributed by atoms with Crippen LogP contribution in [0.1, 0.15) is 9.67 Å². The lowest BCUT2D eigenvalue weighted by atomic mass is 10.1. The lowest BCUT2D eigenvalue weighted by Gasteiger charge is -2.11. The predicted molar refractivity (Wildman–Crippen MR) is 107 cm³/mol. The molecule has 7 heteroatoms. The Morgan fingerprint density at radius 1 is 1.07 bits per heavy atom. The molecule has 1 amide bonds. The molecule has 134 valence electrons. The summed E-state index contributed by atoms with van der Waals surface area (Å²) in [5, 5.41) is 16.3. The van der Waals surface area contributed by atoms with E-state index in [4.69, 9.17) is 4.74 Å². The Morgan fingerprint density at radius 3 is 2.59 bits per heavy atom. The van der Waals surface area contributed by atoms with Gasteiger partial charge in [0.2, 0.25) is 0 Å². The number of nitrogens with zero attached hydrogens (tertiary/aromatic N) is 1. The molecular weight excluding hydrogens is 364 g/mol. The first kappa shape index (κ1) is 17.0. The molecule has 1 N–H and O–H groups in total. The van der Waals surface area contributed by atoms with Gasteiger partial charge in [0.1, 0.15) is 5.75 Å². The van der Waals surface area contributed by atoms with Gasteiger partial charge in [-0.2, -0.15) is 0 Å². The number of methoxy groups -OCH3 is 1. The highest BCUT2D eigenvalue weighted by Crippen LogP contribution is 2.33. The minimum Gasteiger partial charge on any atom is -0.496 e. The number of ether oxygens (including phenoxy) is 1. The molecular formula is C20H14N2O4S. The number of non-ortho nitro benzene ring substituents is 1. The van der Waals surface area contributed by atoms with Gasteiger partial charge in [-0.05, 0) is 24.3 Å². The SMILES string of the molecule is COc1ccc(NC(=O)c2cc3cc([N+](=O)[O-])ccc3s2)c2ccccc12. The van der Waals surface area contributed by atoms with Crippen molar-refractivity contribution in [3.8, 4) is 5.75 Å². The number of benzene rings is 3. The molecule has 1 aromatic heterocycles. The summed E-state index contributed by atoms with van der Waals surface area (Å²) in [6.45, 7) is 0. The Kier molecular flexibility index (Phi) is 4.21. The number of carbonyl (C=O) groups excluding carboxylic acids is 1. The van der Waals surface area contributed by atoms with E-state index in [9.17, 15) is 14.9 Å². The zero-order chi connectivity index (χ0) is 19.0. The van der Waals surface area contributed by atoms with Gasteiger partial charge in [0.05, 0.1) is 16.9 Å². The number of nitrogens with one attached hydrogen (secondary N) is 1. The summed E-state index contributed by atoms with van der Waals surface area (Å²) in [6, 6.07) is 17.5. The Labute approximate surface area is 158 Å². The molecule has 0 saturated carbocycles. The fraction of sp³-hybridized carbons (Fsp3) is 0.0500. The third-order valence-corrected chi connectivity index (χ3v) is 5.40. The molecule has 0 bridgehead atoms. The van der Waals surface area contributed by atoms with E-state index >= 15 is 0 Å². The molecule has 0 unspecified atom stereocenters. The van der Waals surface area contributed by atoms with E-state index in [0.717, 1.165) is 21.2 Å². The molecule has 0 aliphatic carbocycles. The number of amides is 1. The maximum Gasteiger partial charge on any atom is 0.270 e. The number of nitro benzene ring substituents is 1. The lowest BCUT2D eigenvalue weighted by molar-refractivity contribution is -0.384. The number of carbonyl (C=O) groups is 1. The van der Waals surface area contributed by atoms with Crippen molar-refractivity contribution >= 4 is 49.5 Å². The molecule has 0 saturated heterocycles. The molecule has 27 heavy (non-hydrogen) atoms. The second kappa shape index (κ2) is 6.69. The molecule has 4 rings (SSSR count). The van der Waals surface area contributed by atoms with Gasteiger partial charge in [-0.3, -0.25) is 14.9 Å². The van der Waals surface area contributed by atoms with Crippen molar-refractivity contribution in [1.29, 1.82) is 0 Å². The highest BCUT2D eigenvalue weighted by molar-refractivity contribution is 7.20. The number of fused-ring (bicyclic) bond motifs is 2. The van der Waals surface area contributed by atoms with Crippen LogP contribution in [0.25, 0.3) is 20.9 Å². The number of hydrogen-bond donors (Lipinski definition) is 1. The van der Waals surface area contributed by atoms with E-state index in [2.05, 4.69) is 5.32 Å². The molecule has 1 heterocycles. The fourth-order valence-electron chi connectivity index (χ4n) is 3.00. The maximum absolute atomic E-state index is 12.7. The van der Waals surface area contributed by atoms with Crippen LogP contribution in [0.15, 0.2) is 60.7 Å². The molecule has 4 aromatic rings. The molecule has 0 aliphatic heterocycles. The standard InChI is InChI=1S/C20H14N2O4S/c1-26-17-8-7-16(14-4-2-3-5-15(14)17)21-20(23)19-11-12-10-13(22(24)25)6-9-18(12)27-19/h2-11H,1H3,(H,21,23). The van der Waals surface area contributed by atoms with Gasteiger partial charge in [0, 0.05) is 38.7 Å². The summed E-state index contributed by atoms with van der Waals surface area (Å²) in [4.78, 5) is 23.7. The Morgan fingerprint density at radius 2 is 1.85 bits per heavy atom. The van der Waals surface area contributed by atoms with Crippen LogP contribution in [-0.2, 0) is 0 Å². The average molecular weight is 378 g/mol. The smallest absolute Gasteiger partial charge is 0.270 e. The highest BCUT2D eigenvalue weighted by atomic mass is 32.1. The summed E-state index contributed by atoms with van der Waals surface area (Å²) in [7, 11) is 1.61. The van der Waals surface area contributed by atoms with Gasteiger partial charge in [-0.25, -0.2) is 0 Å². The molecule has 0 atom stereocenters. The average Bonchev–Trinajstić information content (AvgIpc) is 3.11. The second-order valence-corrected chi connectivity index (χ2v) is 6.99. The first-order valence-corrected chi connectivity index (χ1v) is 8.93. The van der Waals surface area contributed by atoms with Gasteiger partial charge >= 0.3 is 0 Å². The molecule has 3 aromatic carbocycles. The zero-order valence-electron chi connectivity index (χ0n) is 14.3. The summed E-state index contributed by atoms with van der Waals surface area (Å²) in [6.07, 6.45) is 0. The monoisotopic (exact) mass is 378 g/mol. The minimum atomic E-state index is -0.444. The number of nitro groups is 1. The molecule has 6 nitrogen and oxygen atoms in total. The van der Waals surface area contributed by atoms with E-state index in [1.807, 2.05) is 30.3 Å². The third-order valence-electron chi connectivity index (χ3n) is 4.29. The van der Waals surface area contributed by atoms with Crippen LogP contribution >= 0.6 is 11.3 Å². The van der Waals surface area contributed by atoms with Gasteiger partial charge in [0.15, 0.2) is 0 Å². The van der Waals surface area contributed by atoms with Crippen molar-refractivity contribution in [2.45, 2.75) is 0 Å². The lowest BCUT2D eigenvalue weighted by Crippen LogP contribution is -2.10. The predicted octanol–water partition coefficient (Wildman–Crippen LogP) is 5.22. The Bertz CT molecular complexity index is 1200. The number of anilines is 1. The number of thiophene rings is 1. The minimum absolute atomic E-state index is 0.00778. The fourth-order valence-corrected chi connectivity index (χ4v) is 3.94. The van der Waals surface area contributed by atoms with Crippen molar-refractivity contribution < 1.29 is 14.5 Å². The van der Waals surface area contributed by atoms with Crippen LogP contribution < -0.4 is 10.1 Å². The summed E-state index contributed by atoms with van der Waals surface area (Å²) < 4.78 is 6.20. The van der Waals surface area contributed by atoms with Crippen LogP contribution in [0.5, 0.6) is 5.75 Å². The van der Waals surface area contributed by atoms with Gasteiger partial charge in [-0.15, -0.1) is 11.3 Å². The number of rotatable bonds is 4.